The van der Waals surface area contributed by atoms with Crippen LogP contribution in [-0.2, 0) is 10.3 Å². The van der Waals surface area contributed by atoms with E-state index in [9.17, 15) is 13.6 Å². The van der Waals surface area contributed by atoms with Gasteiger partial charge in [-0.25, -0.2) is 28.4 Å². The highest BCUT2D eigenvalue weighted by Gasteiger charge is 2.39. The lowest BCUT2D eigenvalue weighted by molar-refractivity contribution is 0.00546. The first-order chi connectivity index (χ1) is 13.5. The van der Waals surface area contributed by atoms with Crippen molar-refractivity contribution in [3.8, 4) is 11.3 Å². The van der Waals surface area contributed by atoms with Crippen LogP contribution < -0.4 is 4.90 Å². The van der Waals surface area contributed by atoms with Gasteiger partial charge in [0.25, 0.3) is 0 Å². The number of rotatable bonds is 3. The largest absolute Gasteiger partial charge is 0.438 e. The minimum atomic E-state index is -0.741. The number of aromatic nitrogens is 2. The molecular weight excluding hydrogens is 364 g/mol. The maximum atomic E-state index is 14.1. The lowest BCUT2D eigenvalue weighted by atomic mass is 9.91. The number of ether oxygens (including phenoxy) is 1. The molecule has 0 N–H and O–H groups in total. The standard InChI is InChI=1S/C21H17F2N3O2/c1-21(14-5-3-2-4-6-14)10-12-26(20(27)28-21)19-24-11-9-18(25-19)16-8-7-15(22)13-17(16)23/h2-9,11,13H,10,12H2,1H3. The van der Waals surface area contributed by atoms with Crippen LogP contribution in [0, 0.1) is 11.6 Å². The summed E-state index contributed by atoms with van der Waals surface area (Å²) in [5, 5.41) is 0. The van der Waals surface area contributed by atoms with E-state index < -0.39 is 23.3 Å². The predicted molar refractivity (Wildman–Crippen MR) is 99.6 cm³/mol. The van der Waals surface area contributed by atoms with E-state index in [0.29, 0.717) is 13.0 Å². The fourth-order valence-corrected chi connectivity index (χ4v) is 3.22. The van der Waals surface area contributed by atoms with E-state index in [1.807, 2.05) is 37.3 Å². The lowest BCUT2D eigenvalue weighted by Crippen LogP contribution is -2.47. The summed E-state index contributed by atoms with van der Waals surface area (Å²) in [6.45, 7) is 2.21. The van der Waals surface area contributed by atoms with Gasteiger partial charge < -0.3 is 4.74 Å². The molecule has 1 saturated heterocycles. The van der Waals surface area contributed by atoms with Crippen molar-refractivity contribution in [1.29, 1.82) is 0 Å². The van der Waals surface area contributed by atoms with Crippen molar-refractivity contribution in [3.63, 3.8) is 0 Å². The molecule has 7 heteroatoms. The van der Waals surface area contributed by atoms with Crippen LogP contribution in [0.3, 0.4) is 0 Å². The summed E-state index contributed by atoms with van der Waals surface area (Å²) in [5.74, 6) is -1.29. The van der Waals surface area contributed by atoms with Gasteiger partial charge in [-0.3, -0.25) is 0 Å². The second-order valence-electron chi connectivity index (χ2n) is 6.73. The van der Waals surface area contributed by atoms with Crippen molar-refractivity contribution in [1.82, 2.24) is 9.97 Å². The minimum absolute atomic E-state index is 0.112. The highest BCUT2D eigenvalue weighted by atomic mass is 19.1. The van der Waals surface area contributed by atoms with Crippen LogP contribution in [0.4, 0.5) is 19.5 Å². The molecule has 3 aromatic rings. The molecule has 4 rings (SSSR count). The van der Waals surface area contributed by atoms with Crippen molar-refractivity contribution in [2.45, 2.75) is 18.9 Å². The summed E-state index contributed by atoms with van der Waals surface area (Å²) in [6, 6.07) is 14.3. The van der Waals surface area contributed by atoms with Gasteiger partial charge in [-0.1, -0.05) is 30.3 Å². The first kappa shape index (κ1) is 18.0. The van der Waals surface area contributed by atoms with E-state index in [-0.39, 0.29) is 17.2 Å². The average Bonchev–Trinajstić information content (AvgIpc) is 2.69. The number of cyclic esters (lactones) is 1. The van der Waals surface area contributed by atoms with Gasteiger partial charge in [-0.15, -0.1) is 0 Å². The molecule has 1 unspecified atom stereocenters. The summed E-state index contributed by atoms with van der Waals surface area (Å²) >= 11 is 0. The Bertz CT molecular complexity index is 1030. The molecule has 1 aliphatic rings. The van der Waals surface area contributed by atoms with E-state index in [2.05, 4.69) is 9.97 Å². The van der Waals surface area contributed by atoms with Crippen LogP contribution in [0.1, 0.15) is 18.9 Å². The maximum absolute atomic E-state index is 14.1. The number of benzene rings is 2. The third kappa shape index (κ3) is 3.31. The van der Waals surface area contributed by atoms with Crippen molar-refractivity contribution < 1.29 is 18.3 Å². The summed E-state index contributed by atoms with van der Waals surface area (Å²) < 4.78 is 32.9. The summed E-state index contributed by atoms with van der Waals surface area (Å²) in [6.07, 6.45) is 1.40. The van der Waals surface area contributed by atoms with Gasteiger partial charge in [0.05, 0.1) is 5.69 Å². The Morgan fingerprint density at radius 2 is 1.89 bits per heavy atom. The molecule has 0 aliphatic carbocycles. The van der Waals surface area contributed by atoms with E-state index >= 15 is 0 Å². The second-order valence-corrected chi connectivity index (χ2v) is 6.73. The Labute approximate surface area is 160 Å². The summed E-state index contributed by atoms with van der Waals surface area (Å²) in [5.41, 5.74) is 0.553. The Kier molecular flexibility index (Phi) is 4.50. The molecule has 0 radical (unpaired) electrons. The van der Waals surface area contributed by atoms with Crippen molar-refractivity contribution in [3.05, 3.63) is 78.0 Å². The Morgan fingerprint density at radius 3 is 2.61 bits per heavy atom. The number of hydrogen-bond acceptors (Lipinski definition) is 4. The third-order valence-corrected chi connectivity index (χ3v) is 4.82. The number of nitrogens with zero attached hydrogens (tertiary/aromatic N) is 3. The van der Waals surface area contributed by atoms with Crippen LogP contribution in [-0.4, -0.2) is 22.6 Å². The van der Waals surface area contributed by atoms with Gasteiger partial charge in [-0.2, -0.15) is 0 Å². The second kappa shape index (κ2) is 6.99. The maximum Gasteiger partial charge on any atom is 0.417 e. The molecule has 142 valence electrons. The molecule has 5 nitrogen and oxygen atoms in total. The molecule has 2 heterocycles. The summed E-state index contributed by atoms with van der Waals surface area (Å²) in [4.78, 5) is 22.4. The zero-order valence-electron chi connectivity index (χ0n) is 15.1. The van der Waals surface area contributed by atoms with Gasteiger partial charge in [0, 0.05) is 30.8 Å². The number of amides is 1. The minimum Gasteiger partial charge on any atom is -0.438 e. The van der Waals surface area contributed by atoms with Crippen molar-refractivity contribution >= 4 is 12.0 Å². The molecule has 2 aromatic carbocycles. The van der Waals surface area contributed by atoms with Crippen LogP contribution in [0.25, 0.3) is 11.3 Å². The molecule has 0 bridgehead atoms. The Balaban J connectivity index is 1.60. The predicted octanol–water partition coefficient (Wildman–Crippen LogP) is 4.68. The smallest absolute Gasteiger partial charge is 0.417 e. The molecule has 28 heavy (non-hydrogen) atoms. The highest BCUT2D eigenvalue weighted by Crippen LogP contribution is 2.34. The van der Waals surface area contributed by atoms with E-state index in [1.54, 1.807) is 0 Å². The zero-order chi connectivity index (χ0) is 19.7. The first-order valence-electron chi connectivity index (χ1n) is 8.81. The Morgan fingerprint density at radius 1 is 1.11 bits per heavy atom. The van der Waals surface area contributed by atoms with E-state index in [1.165, 1.54) is 23.2 Å². The molecule has 0 saturated carbocycles. The van der Waals surface area contributed by atoms with Crippen LogP contribution in [0.5, 0.6) is 0 Å². The van der Waals surface area contributed by atoms with E-state index in [4.69, 9.17) is 4.74 Å². The number of anilines is 1. The van der Waals surface area contributed by atoms with Gasteiger partial charge in [0.1, 0.15) is 17.2 Å². The molecule has 1 atom stereocenters. The van der Waals surface area contributed by atoms with E-state index in [0.717, 1.165) is 17.7 Å². The molecule has 1 fully saturated rings. The number of halogens is 2. The molecule has 0 spiro atoms. The molecular formula is C21H17F2N3O2. The summed E-state index contributed by atoms with van der Waals surface area (Å²) in [7, 11) is 0. The van der Waals surface area contributed by atoms with Crippen LogP contribution >= 0.6 is 0 Å². The van der Waals surface area contributed by atoms with Gasteiger partial charge in [0.15, 0.2) is 0 Å². The molecule has 1 aliphatic heterocycles. The number of carbonyl (C=O) groups is 1. The monoisotopic (exact) mass is 381 g/mol. The fourth-order valence-electron chi connectivity index (χ4n) is 3.22. The molecule has 1 amide bonds. The normalized spacial score (nSPS) is 19.4. The lowest BCUT2D eigenvalue weighted by Gasteiger charge is -2.38. The van der Waals surface area contributed by atoms with Gasteiger partial charge >= 0.3 is 6.09 Å². The van der Waals surface area contributed by atoms with Crippen molar-refractivity contribution in [2.24, 2.45) is 0 Å². The SMILES string of the molecule is CC1(c2ccccc2)CCN(c2nccc(-c3ccc(F)cc3F)n2)C(=O)O1. The van der Waals surface area contributed by atoms with Gasteiger partial charge in [0.2, 0.25) is 5.95 Å². The zero-order valence-corrected chi connectivity index (χ0v) is 15.1. The number of carbonyl (C=O) groups excluding carboxylic acids is 1. The Hall–Kier alpha value is -3.35. The van der Waals surface area contributed by atoms with Crippen LogP contribution in [0.15, 0.2) is 60.8 Å². The molecule has 1 aromatic heterocycles. The fraction of sp³-hybridized carbons (Fsp3) is 0.190. The average molecular weight is 381 g/mol. The number of hydrogen-bond donors (Lipinski definition) is 0. The third-order valence-electron chi connectivity index (χ3n) is 4.82. The quantitative estimate of drug-likeness (QED) is 0.661. The topological polar surface area (TPSA) is 55.3 Å². The highest BCUT2D eigenvalue weighted by molar-refractivity contribution is 5.86. The van der Waals surface area contributed by atoms with Crippen molar-refractivity contribution in [2.75, 3.05) is 11.4 Å². The first-order valence-corrected chi connectivity index (χ1v) is 8.81. The van der Waals surface area contributed by atoms with Gasteiger partial charge in [-0.05, 0) is 30.7 Å². The van der Waals surface area contributed by atoms with Crippen LogP contribution in [0.2, 0.25) is 0 Å².